The number of amides is 3. The summed E-state index contributed by atoms with van der Waals surface area (Å²) in [6.07, 6.45) is 3.28. The van der Waals surface area contributed by atoms with E-state index in [1.54, 1.807) is 35.0 Å². The second-order valence-corrected chi connectivity index (χ2v) is 6.58. The van der Waals surface area contributed by atoms with Gasteiger partial charge in [0.15, 0.2) is 0 Å². The number of aromatic nitrogens is 1. The summed E-state index contributed by atoms with van der Waals surface area (Å²) in [6, 6.07) is 14.5. The molecule has 1 aliphatic heterocycles. The molecule has 3 aromatic rings. The maximum atomic E-state index is 13.1. The molecule has 1 fully saturated rings. The molecule has 30 heavy (non-hydrogen) atoms. The van der Waals surface area contributed by atoms with Gasteiger partial charge in [0, 0.05) is 29.7 Å². The normalized spacial score (nSPS) is 15.0. The van der Waals surface area contributed by atoms with Crippen molar-refractivity contribution < 1.29 is 18.9 Å². The van der Waals surface area contributed by atoms with Gasteiger partial charge in [-0.2, -0.15) is 0 Å². The van der Waals surface area contributed by atoms with Crippen molar-refractivity contribution in [2.45, 2.75) is 6.54 Å². The van der Waals surface area contributed by atoms with Gasteiger partial charge in [-0.1, -0.05) is 12.1 Å². The summed E-state index contributed by atoms with van der Waals surface area (Å²) >= 11 is 0. The van der Waals surface area contributed by atoms with Crippen molar-refractivity contribution in [1.82, 2.24) is 14.8 Å². The number of nitrogens with one attached hydrogen (secondary N) is 1. The van der Waals surface area contributed by atoms with Gasteiger partial charge in [-0.3, -0.25) is 19.8 Å². The lowest BCUT2D eigenvalue weighted by molar-refractivity contribution is -0.384. The molecular formula is C21H15FN4O4. The molecule has 0 saturated carbocycles. The number of hydrogen-bond acceptors (Lipinski definition) is 4. The maximum Gasteiger partial charge on any atom is 0.329 e. The van der Waals surface area contributed by atoms with Gasteiger partial charge in [0.2, 0.25) is 0 Å². The number of nitro benzene ring substituents is 1. The Bertz CT molecular complexity index is 1170. The third kappa shape index (κ3) is 3.68. The van der Waals surface area contributed by atoms with E-state index < -0.39 is 22.7 Å². The molecule has 0 spiro atoms. The zero-order valence-electron chi connectivity index (χ0n) is 15.5. The number of imide groups is 1. The van der Waals surface area contributed by atoms with Gasteiger partial charge < -0.3 is 9.88 Å². The predicted octanol–water partition coefficient (Wildman–Crippen LogP) is 3.62. The molecule has 8 nitrogen and oxygen atoms in total. The monoisotopic (exact) mass is 406 g/mol. The van der Waals surface area contributed by atoms with E-state index >= 15 is 0 Å². The number of urea groups is 1. The van der Waals surface area contributed by atoms with Crippen LogP contribution in [-0.2, 0) is 11.3 Å². The van der Waals surface area contributed by atoms with Crippen LogP contribution in [-0.4, -0.2) is 26.3 Å². The smallest absolute Gasteiger partial charge is 0.317 e. The summed E-state index contributed by atoms with van der Waals surface area (Å²) in [5, 5.41) is 13.4. The quantitative estimate of drug-likeness (QED) is 0.303. The third-order valence-electron chi connectivity index (χ3n) is 4.63. The van der Waals surface area contributed by atoms with Crippen LogP contribution in [0, 0.1) is 15.9 Å². The second-order valence-electron chi connectivity index (χ2n) is 6.58. The Morgan fingerprint density at radius 2 is 1.73 bits per heavy atom. The van der Waals surface area contributed by atoms with Crippen molar-refractivity contribution in [1.29, 1.82) is 0 Å². The molecule has 4 rings (SSSR count). The number of carbonyl (C=O) groups excluding carboxylic acids is 2. The van der Waals surface area contributed by atoms with E-state index in [2.05, 4.69) is 5.32 Å². The highest BCUT2D eigenvalue weighted by atomic mass is 19.1. The minimum absolute atomic E-state index is 0.0195. The van der Waals surface area contributed by atoms with Crippen LogP contribution in [0.5, 0.6) is 0 Å². The molecule has 0 bridgehead atoms. The van der Waals surface area contributed by atoms with Crippen LogP contribution in [0.4, 0.5) is 14.9 Å². The van der Waals surface area contributed by atoms with Gasteiger partial charge in [-0.15, -0.1) is 0 Å². The molecule has 2 aromatic carbocycles. The largest absolute Gasteiger partial charge is 0.329 e. The molecule has 0 unspecified atom stereocenters. The standard InChI is InChI=1S/C21H15FN4O4/c22-15-5-3-14(4-6-15)13-25-20(27)19(23-21(25)28)12-18-2-1-11-24(18)16-7-9-17(10-8-16)26(29)30/h1-12H,13H2,(H,23,28)/b19-12+. The Hall–Kier alpha value is -4.27. The van der Waals surface area contributed by atoms with E-state index in [4.69, 9.17) is 0 Å². The summed E-state index contributed by atoms with van der Waals surface area (Å²) in [4.78, 5) is 36.3. The van der Waals surface area contributed by atoms with Crippen LogP contribution in [0.3, 0.4) is 0 Å². The number of benzene rings is 2. The number of nitro groups is 1. The molecule has 1 N–H and O–H groups in total. The van der Waals surface area contributed by atoms with Crippen molar-refractivity contribution >= 4 is 23.7 Å². The van der Waals surface area contributed by atoms with Crippen molar-refractivity contribution in [2.24, 2.45) is 0 Å². The van der Waals surface area contributed by atoms with Crippen molar-refractivity contribution in [3.63, 3.8) is 0 Å². The molecule has 9 heteroatoms. The molecular weight excluding hydrogens is 391 g/mol. The Labute approximate surface area is 170 Å². The van der Waals surface area contributed by atoms with Crippen molar-refractivity contribution in [2.75, 3.05) is 0 Å². The fraction of sp³-hybridized carbons (Fsp3) is 0.0476. The van der Waals surface area contributed by atoms with E-state index in [1.807, 2.05) is 0 Å². The SMILES string of the molecule is O=C1N/C(=C/c2cccn2-c2ccc([N+](=O)[O-])cc2)C(=O)N1Cc1ccc(F)cc1. The second kappa shape index (κ2) is 7.63. The first kappa shape index (κ1) is 19.1. The molecule has 2 heterocycles. The summed E-state index contributed by atoms with van der Waals surface area (Å²) in [7, 11) is 0. The lowest BCUT2D eigenvalue weighted by Crippen LogP contribution is -2.30. The van der Waals surface area contributed by atoms with Crippen LogP contribution in [0.2, 0.25) is 0 Å². The van der Waals surface area contributed by atoms with E-state index in [-0.39, 0.29) is 17.9 Å². The molecule has 1 aliphatic rings. The minimum atomic E-state index is -0.566. The number of nitrogens with zero attached hydrogens (tertiary/aromatic N) is 3. The topological polar surface area (TPSA) is 97.5 Å². The minimum Gasteiger partial charge on any atom is -0.317 e. The van der Waals surface area contributed by atoms with Gasteiger partial charge in [0.05, 0.1) is 11.5 Å². The Morgan fingerprint density at radius 1 is 1.03 bits per heavy atom. The fourth-order valence-electron chi connectivity index (χ4n) is 3.12. The number of hydrogen-bond donors (Lipinski definition) is 1. The van der Waals surface area contributed by atoms with E-state index in [0.717, 1.165) is 4.90 Å². The maximum absolute atomic E-state index is 13.1. The predicted molar refractivity (Wildman–Crippen MR) is 106 cm³/mol. The van der Waals surface area contributed by atoms with Gasteiger partial charge in [0.25, 0.3) is 11.6 Å². The number of carbonyl (C=O) groups is 2. The Balaban J connectivity index is 1.58. The zero-order valence-corrected chi connectivity index (χ0v) is 15.5. The van der Waals surface area contributed by atoms with Gasteiger partial charge in [0.1, 0.15) is 11.5 Å². The van der Waals surface area contributed by atoms with E-state index in [1.165, 1.54) is 42.5 Å². The van der Waals surface area contributed by atoms with Crippen LogP contribution >= 0.6 is 0 Å². The zero-order chi connectivity index (χ0) is 21.3. The van der Waals surface area contributed by atoms with Crippen LogP contribution < -0.4 is 5.32 Å². The van der Waals surface area contributed by atoms with Gasteiger partial charge in [-0.25, -0.2) is 9.18 Å². The van der Waals surface area contributed by atoms with Crippen LogP contribution in [0.15, 0.2) is 72.6 Å². The fourth-order valence-corrected chi connectivity index (χ4v) is 3.12. The molecule has 1 saturated heterocycles. The van der Waals surface area contributed by atoms with Crippen LogP contribution in [0.1, 0.15) is 11.3 Å². The summed E-state index contributed by atoms with van der Waals surface area (Å²) in [5.41, 5.74) is 1.97. The number of rotatable bonds is 5. The first-order chi connectivity index (χ1) is 14.4. The first-order valence-electron chi connectivity index (χ1n) is 8.93. The summed E-state index contributed by atoms with van der Waals surface area (Å²) in [6.45, 7) is 0.0195. The summed E-state index contributed by atoms with van der Waals surface area (Å²) in [5.74, 6) is -0.899. The van der Waals surface area contributed by atoms with Crippen molar-refractivity contribution in [3.05, 3.63) is 99.7 Å². The highest BCUT2D eigenvalue weighted by Gasteiger charge is 2.33. The lowest BCUT2D eigenvalue weighted by atomic mass is 10.2. The Morgan fingerprint density at radius 3 is 2.40 bits per heavy atom. The highest BCUT2D eigenvalue weighted by molar-refractivity contribution is 6.13. The molecule has 1 aromatic heterocycles. The highest BCUT2D eigenvalue weighted by Crippen LogP contribution is 2.21. The van der Waals surface area contributed by atoms with Crippen LogP contribution in [0.25, 0.3) is 11.8 Å². The lowest BCUT2D eigenvalue weighted by Gasteiger charge is -2.11. The molecule has 150 valence electrons. The van der Waals surface area contributed by atoms with Crippen molar-refractivity contribution in [3.8, 4) is 5.69 Å². The molecule has 3 amide bonds. The Kier molecular flexibility index (Phi) is 4.85. The van der Waals surface area contributed by atoms with Gasteiger partial charge >= 0.3 is 6.03 Å². The third-order valence-corrected chi connectivity index (χ3v) is 4.63. The number of non-ortho nitro benzene ring substituents is 1. The number of halogens is 1. The van der Waals surface area contributed by atoms with E-state index in [0.29, 0.717) is 16.9 Å². The van der Waals surface area contributed by atoms with E-state index in [9.17, 15) is 24.1 Å². The molecule has 0 aliphatic carbocycles. The average Bonchev–Trinajstić information content (AvgIpc) is 3.30. The molecule has 0 atom stereocenters. The van der Waals surface area contributed by atoms with Gasteiger partial charge in [-0.05, 0) is 48.0 Å². The molecule has 0 radical (unpaired) electrons. The average molecular weight is 406 g/mol. The summed E-state index contributed by atoms with van der Waals surface area (Å²) < 4.78 is 14.8. The first-order valence-corrected chi connectivity index (χ1v) is 8.93.